The molecule has 1 aliphatic heterocycles. The maximum absolute atomic E-state index is 11.5. The van der Waals surface area contributed by atoms with Crippen LogP contribution in [0.1, 0.15) is 31.2 Å². The number of nitro groups is 1. The molecule has 1 heterocycles. The lowest BCUT2D eigenvalue weighted by Crippen LogP contribution is -2.32. The number of benzene rings is 1. The van der Waals surface area contributed by atoms with Crippen LogP contribution in [-0.2, 0) is 19.2 Å². The van der Waals surface area contributed by atoms with Crippen LogP contribution in [0.25, 0.3) is 0 Å². The van der Waals surface area contributed by atoms with E-state index in [1.165, 1.54) is 12.1 Å². The Bertz CT molecular complexity index is 642. The largest absolute Gasteiger partial charge is 0.533 e. The Morgan fingerprint density at radius 1 is 1.30 bits per heavy atom. The summed E-state index contributed by atoms with van der Waals surface area (Å²) in [6.45, 7) is 1.45. The lowest BCUT2D eigenvalue weighted by molar-refractivity contribution is -0.385. The van der Waals surface area contributed by atoms with Crippen molar-refractivity contribution in [2.24, 2.45) is 0 Å². The third-order valence-corrected chi connectivity index (χ3v) is 3.29. The highest BCUT2D eigenvalue weighted by atomic mass is 16.8. The number of nitrogens with zero attached hydrogens (tertiary/aromatic N) is 2. The number of imide groups is 1. The molecule has 1 aliphatic rings. The van der Waals surface area contributed by atoms with Crippen molar-refractivity contribution in [3.63, 3.8) is 0 Å². The van der Waals surface area contributed by atoms with Gasteiger partial charge in [-0.2, -0.15) is 0 Å². The van der Waals surface area contributed by atoms with Crippen molar-refractivity contribution in [3.8, 4) is 0 Å². The van der Waals surface area contributed by atoms with E-state index in [4.69, 9.17) is 4.74 Å². The minimum atomic E-state index is -1.21. The summed E-state index contributed by atoms with van der Waals surface area (Å²) in [6.07, 6.45) is -1.24. The average Bonchev–Trinajstić information content (AvgIpc) is 2.84. The molecule has 9 nitrogen and oxygen atoms in total. The van der Waals surface area contributed by atoms with Gasteiger partial charge in [0.2, 0.25) is 0 Å². The van der Waals surface area contributed by atoms with Crippen molar-refractivity contribution >= 4 is 23.7 Å². The molecular weight excluding hydrogens is 308 g/mol. The Hall–Kier alpha value is -2.97. The highest BCUT2D eigenvalue weighted by Gasteiger charge is 2.33. The van der Waals surface area contributed by atoms with E-state index in [9.17, 15) is 24.5 Å². The van der Waals surface area contributed by atoms with Gasteiger partial charge in [0.05, 0.1) is 4.92 Å². The topological polar surface area (TPSA) is 116 Å². The average molecular weight is 322 g/mol. The van der Waals surface area contributed by atoms with Gasteiger partial charge in [0, 0.05) is 30.4 Å². The number of ether oxygens (including phenoxy) is 1. The summed E-state index contributed by atoms with van der Waals surface area (Å²) in [4.78, 5) is 49.1. The number of nitro benzene ring substituents is 1. The van der Waals surface area contributed by atoms with E-state index in [2.05, 4.69) is 4.84 Å². The molecule has 0 spiro atoms. The summed E-state index contributed by atoms with van der Waals surface area (Å²) in [5.41, 5.74) is 0.320. The summed E-state index contributed by atoms with van der Waals surface area (Å²) in [5.74, 6) is -1.69. The Morgan fingerprint density at radius 2 is 1.91 bits per heavy atom. The van der Waals surface area contributed by atoms with Crippen LogP contribution in [0.4, 0.5) is 10.5 Å². The molecule has 1 atom stereocenters. The zero-order valence-electron chi connectivity index (χ0n) is 12.3. The standard InChI is InChI=1S/C14H14N2O7/c1-9(10-4-2-3-5-11(10)16(20)21)8-22-14(19)23-15-12(17)6-7-13(15)18/h2-5,9H,6-8H2,1H3. The van der Waals surface area contributed by atoms with E-state index in [0.29, 0.717) is 10.6 Å². The molecule has 2 amide bonds. The molecule has 0 radical (unpaired) electrons. The van der Waals surface area contributed by atoms with Crippen LogP contribution >= 0.6 is 0 Å². The lowest BCUT2D eigenvalue weighted by atomic mass is 10.0. The first-order valence-electron chi connectivity index (χ1n) is 6.84. The molecule has 9 heteroatoms. The third kappa shape index (κ3) is 3.82. The second kappa shape index (κ2) is 6.86. The SMILES string of the molecule is CC(COC(=O)ON1C(=O)CCC1=O)c1ccccc1[N+](=O)[O-]. The summed E-state index contributed by atoms with van der Waals surface area (Å²) in [6, 6.07) is 6.09. The second-order valence-corrected chi connectivity index (χ2v) is 4.95. The highest BCUT2D eigenvalue weighted by Crippen LogP contribution is 2.26. The minimum Gasteiger partial charge on any atom is -0.432 e. The number of carbonyl (C=O) groups excluding carboxylic acids is 3. The molecule has 2 rings (SSSR count). The van der Waals surface area contributed by atoms with E-state index in [-0.39, 0.29) is 25.1 Å². The van der Waals surface area contributed by atoms with Gasteiger partial charge in [-0.15, -0.1) is 0 Å². The number of hydrogen-bond donors (Lipinski definition) is 0. The van der Waals surface area contributed by atoms with Crippen LogP contribution in [0, 0.1) is 10.1 Å². The molecule has 0 N–H and O–H groups in total. The number of amides is 2. The zero-order chi connectivity index (χ0) is 17.0. The monoisotopic (exact) mass is 322 g/mol. The smallest absolute Gasteiger partial charge is 0.432 e. The summed E-state index contributed by atoms with van der Waals surface area (Å²) in [7, 11) is 0. The number of hydroxylamine groups is 2. The van der Waals surface area contributed by atoms with Gasteiger partial charge in [-0.3, -0.25) is 24.5 Å². The van der Waals surface area contributed by atoms with Gasteiger partial charge in [-0.1, -0.05) is 30.2 Å². The first-order valence-corrected chi connectivity index (χ1v) is 6.84. The number of carbonyl (C=O) groups is 3. The normalized spacial score (nSPS) is 15.4. The third-order valence-electron chi connectivity index (χ3n) is 3.29. The van der Waals surface area contributed by atoms with Crippen molar-refractivity contribution < 1.29 is 28.9 Å². The van der Waals surface area contributed by atoms with E-state index in [0.717, 1.165) is 0 Å². The molecule has 1 unspecified atom stereocenters. The van der Waals surface area contributed by atoms with Crippen LogP contribution in [0.5, 0.6) is 0 Å². The zero-order valence-corrected chi connectivity index (χ0v) is 12.3. The van der Waals surface area contributed by atoms with Gasteiger partial charge < -0.3 is 4.74 Å². The Kier molecular flexibility index (Phi) is 4.89. The summed E-state index contributed by atoms with van der Waals surface area (Å²) in [5, 5.41) is 11.3. The van der Waals surface area contributed by atoms with E-state index >= 15 is 0 Å². The molecular formula is C14H14N2O7. The van der Waals surface area contributed by atoms with Gasteiger partial charge in [0.15, 0.2) is 0 Å². The van der Waals surface area contributed by atoms with E-state index in [1.54, 1.807) is 19.1 Å². The molecule has 1 aromatic carbocycles. The van der Waals surface area contributed by atoms with Gasteiger partial charge in [-0.25, -0.2) is 4.79 Å². The highest BCUT2D eigenvalue weighted by molar-refractivity contribution is 6.01. The predicted molar refractivity (Wildman–Crippen MR) is 75.0 cm³/mol. The minimum absolute atomic E-state index is 0.0152. The molecule has 0 aromatic heterocycles. The number of hydrogen-bond acceptors (Lipinski definition) is 7. The molecule has 0 bridgehead atoms. The maximum atomic E-state index is 11.5. The van der Waals surface area contributed by atoms with Gasteiger partial charge in [-0.05, 0) is 0 Å². The Balaban J connectivity index is 1.93. The molecule has 122 valence electrons. The van der Waals surface area contributed by atoms with Gasteiger partial charge in [0.1, 0.15) is 6.61 Å². The van der Waals surface area contributed by atoms with Crippen LogP contribution in [0.15, 0.2) is 24.3 Å². The van der Waals surface area contributed by atoms with Gasteiger partial charge >= 0.3 is 6.16 Å². The van der Waals surface area contributed by atoms with Crippen molar-refractivity contribution in [2.75, 3.05) is 6.61 Å². The maximum Gasteiger partial charge on any atom is 0.533 e. The van der Waals surface area contributed by atoms with E-state index in [1.807, 2.05) is 0 Å². The predicted octanol–water partition coefficient (Wildman–Crippen LogP) is 1.92. The number of rotatable bonds is 5. The van der Waals surface area contributed by atoms with Crippen LogP contribution in [-0.4, -0.2) is 34.6 Å². The fourth-order valence-corrected chi connectivity index (χ4v) is 2.11. The first kappa shape index (κ1) is 16.4. The van der Waals surface area contributed by atoms with Crippen molar-refractivity contribution in [3.05, 3.63) is 39.9 Å². The van der Waals surface area contributed by atoms with Crippen LogP contribution in [0.3, 0.4) is 0 Å². The fraction of sp³-hybridized carbons (Fsp3) is 0.357. The number of para-hydroxylation sites is 1. The van der Waals surface area contributed by atoms with Crippen LogP contribution in [0.2, 0.25) is 0 Å². The van der Waals surface area contributed by atoms with Crippen molar-refractivity contribution in [2.45, 2.75) is 25.7 Å². The Morgan fingerprint density at radius 3 is 2.52 bits per heavy atom. The van der Waals surface area contributed by atoms with Crippen molar-refractivity contribution in [1.82, 2.24) is 5.06 Å². The fourth-order valence-electron chi connectivity index (χ4n) is 2.11. The quantitative estimate of drug-likeness (QED) is 0.352. The molecule has 1 saturated heterocycles. The van der Waals surface area contributed by atoms with Gasteiger partial charge in [0.25, 0.3) is 17.5 Å². The lowest BCUT2D eigenvalue weighted by Gasteiger charge is -2.15. The summed E-state index contributed by atoms with van der Waals surface area (Å²) < 4.78 is 4.82. The molecule has 23 heavy (non-hydrogen) atoms. The van der Waals surface area contributed by atoms with Crippen LogP contribution < -0.4 is 0 Å². The molecule has 0 aliphatic carbocycles. The van der Waals surface area contributed by atoms with E-state index < -0.39 is 28.8 Å². The van der Waals surface area contributed by atoms with Crippen molar-refractivity contribution in [1.29, 1.82) is 0 Å². The summed E-state index contributed by atoms with van der Waals surface area (Å²) >= 11 is 0. The molecule has 1 aromatic rings. The molecule has 1 fully saturated rings. The first-order chi connectivity index (χ1) is 10.9. The Labute approximate surface area is 130 Å². The molecule has 0 saturated carbocycles. The second-order valence-electron chi connectivity index (χ2n) is 4.95.